The average Bonchev–Trinajstić information content (AvgIpc) is 2.54. The van der Waals surface area contributed by atoms with Gasteiger partial charge in [0.05, 0.1) is 0 Å². The predicted molar refractivity (Wildman–Crippen MR) is 60.9 cm³/mol. The van der Waals surface area contributed by atoms with E-state index in [1.165, 1.54) is 11.8 Å². The van der Waals surface area contributed by atoms with Crippen LogP contribution in [0.25, 0.3) is 0 Å². The average molecular weight is 227 g/mol. The van der Waals surface area contributed by atoms with Gasteiger partial charge in [-0.25, -0.2) is 4.79 Å². The summed E-state index contributed by atoms with van der Waals surface area (Å²) in [5, 5.41) is 8.87. The molecule has 0 radical (unpaired) electrons. The van der Waals surface area contributed by atoms with Crippen molar-refractivity contribution in [1.82, 2.24) is 4.90 Å². The van der Waals surface area contributed by atoms with E-state index in [2.05, 4.69) is 27.7 Å². The summed E-state index contributed by atoms with van der Waals surface area (Å²) in [6, 6.07) is -0.764. The molecule has 0 aromatic rings. The van der Waals surface area contributed by atoms with Gasteiger partial charge in [0.1, 0.15) is 6.04 Å². The number of amides is 1. The monoisotopic (exact) mass is 227 g/mol. The molecule has 0 bridgehead atoms. The van der Waals surface area contributed by atoms with E-state index < -0.39 is 12.0 Å². The molecule has 1 rings (SSSR count). The molecule has 1 unspecified atom stereocenters. The van der Waals surface area contributed by atoms with Crippen LogP contribution in [0.5, 0.6) is 0 Å². The Bertz CT molecular complexity index is 319. The Balaban J connectivity index is 2.79. The number of hydrogen-bond donors (Lipinski definition) is 1. The van der Waals surface area contributed by atoms with Gasteiger partial charge in [0.2, 0.25) is 5.91 Å². The van der Waals surface area contributed by atoms with E-state index in [-0.39, 0.29) is 22.7 Å². The number of carbonyl (C=O) groups is 2. The highest BCUT2D eigenvalue weighted by molar-refractivity contribution is 5.88. The molecule has 1 aliphatic carbocycles. The molecular weight excluding hydrogens is 206 g/mol. The van der Waals surface area contributed by atoms with E-state index in [1.807, 2.05) is 0 Å². The lowest BCUT2D eigenvalue weighted by atomic mass is 10.0. The summed E-state index contributed by atoms with van der Waals surface area (Å²) in [5.41, 5.74) is -0.0901. The van der Waals surface area contributed by atoms with E-state index in [9.17, 15) is 9.59 Å². The van der Waals surface area contributed by atoms with Crippen LogP contribution < -0.4 is 0 Å². The second-order valence-electron chi connectivity index (χ2n) is 5.84. The van der Waals surface area contributed by atoms with Crippen LogP contribution in [0.3, 0.4) is 0 Å². The zero-order chi connectivity index (χ0) is 12.9. The normalized spacial score (nSPS) is 23.6. The van der Waals surface area contributed by atoms with Crippen molar-refractivity contribution < 1.29 is 14.7 Å². The maximum Gasteiger partial charge on any atom is 0.326 e. The van der Waals surface area contributed by atoms with Crippen molar-refractivity contribution in [2.24, 2.45) is 16.7 Å². The third-order valence-corrected chi connectivity index (χ3v) is 4.55. The number of carboxylic acids is 1. The molecule has 1 fully saturated rings. The minimum atomic E-state index is -0.966. The molecule has 1 N–H and O–H groups in total. The van der Waals surface area contributed by atoms with Gasteiger partial charge in [0.25, 0.3) is 0 Å². The van der Waals surface area contributed by atoms with Crippen molar-refractivity contribution in [2.45, 2.75) is 40.7 Å². The molecule has 0 saturated heterocycles. The van der Waals surface area contributed by atoms with E-state index >= 15 is 0 Å². The van der Waals surface area contributed by atoms with E-state index in [1.54, 1.807) is 7.05 Å². The summed E-state index contributed by atoms with van der Waals surface area (Å²) in [6.45, 7) is 9.73. The molecule has 4 heteroatoms. The lowest BCUT2D eigenvalue weighted by Gasteiger charge is -2.22. The highest BCUT2D eigenvalue weighted by atomic mass is 16.4. The second-order valence-corrected chi connectivity index (χ2v) is 5.84. The zero-order valence-electron chi connectivity index (χ0n) is 10.9. The molecule has 0 aromatic carbocycles. The molecule has 0 heterocycles. The summed E-state index contributed by atoms with van der Waals surface area (Å²) < 4.78 is 0. The SMILES string of the molecule is CC(C(=O)O)N(C)C(=O)C1C(C)(C)C1(C)C. The lowest BCUT2D eigenvalue weighted by molar-refractivity contribution is -0.149. The van der Waals surface area contributed by atoms with Crippen LogP contribution in [0.15, 0.2) is 0 Å². The van der Waals surface area contributed by atoms with Crippen molar-refractivity contribution in [3.05, 3.63) is 0 Å². The van der Waals surface area contributed by atoms with Crippen molar-refractivity contribution in [2.75, 3.05) is 7.05 Å². The maximum atomic E-state index is 12.1. The number of aliphatic carboxylic acids is 1. The fourth-order valence-corrected chi connectivity index (χ4v) is 2.37. The van der Waals surface area contributed by atoms with Crippen LogP contribution in [0, 0.1) is 16.7 Å². The largest absolute Gasteiger partial charge is 0.480 e. The smallest absolute Gasteiger partial charge is 0.326 e. The van der Waals surface area contributed by atoms with Gasteiger partial charge in [-0.3, -0.25) is 4.79 Å². The third-order valence-electron chi connectivity index (χ3n) is 4.55. The Morgan fingerprint density at radius 2 is 1.56 bits per heavy atom. The van der Waals surface area contributed by atoms with Gasteiger partial charge in [0, 0.05) is 13.0 Å². The Hall–Kier alpha value is -1.06. The second kappa shape index (κ2) is 3.47. The molecule has 0 aliphatic heterocycles. The van der Waals surface area contributed by atoms with E-state index in [0.717, 1.165) is 0 Å². The number of carbonyl (C=O) groups excluding carboxylic acids is 1. The number of carboxylic acid groups (broad SMARTS) is 1. The minimum Gasteiger partial charge on any atom is -0.480 e. The lowest BCUT2D eigenvalue weighted by Crippen LogP contribution is -2.42. The molecule has 1 saturated carbocycles. The molecule has 1 amide bonds. The summed E-state index contributed by atoms with van der Waals surface area (Å²) >= 11 is 0. The van der Waals surface area contributed by atoms with Gasteiger partial charge in [-0.15, -0.1) is 0 Å². The first-order valence-electron chi connectivity index (χ1n) is 5.54. The molecule has 92 valence electrons. The number of likely N-dealkylation sites (N-methyl/N-ethyl adjacent to an activating group) is 1. The summed E-state index contributed by atoms with van der Waals surface area (Å²) in [6.07, 6.45) is 0. The summed E-state index contributed by atoms with van der Waals surface area (Å²) in [5.74, 6) is -1.11. The Morgan fingerprint density at radius 3 is 1.81 bits per heavy atom. The molecule has 0 spiro atoms. The van der Waals surface area contributed by atoms with Crippen LogP contribution in [0.2, 0.25) is 0 Å². The van der Waals surface area contributed by atoms with Crippen LogP contribution >= 0.6 is 0 Å². The van der Waals surface area contributed by atoms with Crippen LogP contribution in [0.1, 0.15) is 34.6 Å². The van der Waals surface area contributed by atoms with Crippen LogP contribution in [-0.4, -0.2) is 35.0 Å². The van der Waals surface area contributed by atoms with Crippen molar-refractivity contribution in [3.8, 4) is 0 Å². The Labute approximate surface area is 96.6 Å². The highest BCUT2D eigenvalue weighted by Crippen LogP contribution is 2.68. The minimum absolute atomic E-state index is 0.0451. The summed E-state index contributed by atoms with van der Waals surface area (Å²) in [4.78, 5) is 24.3. The molecule has 1 atom stereocenters. The van der Waals surface area contributed by atoms with Crippen molar-refractivity contribution in [3.63, 3.8) is 0 Å². The molecule has 4 nitrogen and oxygen atoms in total. The zero-order valence-corrected chi connectivity index (χ0v) is 10.9. The van der Waals surface area contributed by atoms with Gasteiger partial charge in [0.15, 0.2) is 0 Å². The van der Waals surface area contributed by atoms with Gasteiger partial charge in [-0.2, -0.15) is 0 Å². The first kappa shape index (κ1) is 13.0. The third kappa shape index (κ3) is 1.60. The fraction of sp³-hybridized carbons (Fsp3) is 0.833. The number of hydrogen-bond acceptors (Lipinski definition) is 2. The Morgan fingerprint density at radius 1 is 1.19 bits per heavy atom. The van der Waals surface area contributed by atoms with Gasteiger partial charge < -0.3 is 10.0 Å². The maximum absolute atomic E-state index is 12.1. The Kier molecular flexibility index (Phi) is 2.82. The van der Waals surface area contributed by atoms with Crippen LogP contribution in [0.4, 0.5) is 0 Å². The quantitative estimate of drug-likeness (QED) is 0.796. The number of rotatable bonds is 3. The number of nitrogens with zero attached hydrogens (tertiary/aromatic N) is 1. The standard InChI is InChI=1S/C12H21NO3/c1-7(10(15)16)13(6)9(14)8-11(2,3)12(8,4)5/h7-8H,1-6H3,(H,15,16). The molecule has 16 heavy (non-hydrogen) atoms. The summed E-state index contributed by atoms with van der Waals surface area (Å²) in [7, 11) is 1.56. The topological polar surface area (TPSA) is 57.6 Å². The van der Waals surface area contributed by atoms with Gasteiger partial charge in [-0.1, -0.05) is 27.7 Å². The van der Waals surface area contributed by atoms with Gasteiger partial charge >= 0.3 is 5.97 Å². The van der Waals surface area contributed by atoms with E-state index in [4.69, 9.17) is 5.11 Å². The molecule has 0 aromatic heterocycles. The van der Waals surface area contributed by atoms with Crippen molar-refractivity contribution >= 4 is 11.9 Å². The van der Waals surface area contributed by atoms with Crippen LogP contribution in [-0.2, 0) is 9.59 Å². The first-order valence-corrected chi connectivity index (χ1v) is 5.54. The van der Waals surface area contributed by atoms with Gasteiger partial charge in [-0.05, 0) is 17.8 Å². The molecular formula is C12H21NO3. The predicted octanol–water partition coefficient (Wildman–Crippen LogP) is 1.60. The van der Waals surface area contributed by atoms with Crippen molar-refractivity contribution in [1.29, 1.82) is 0 Å². The first-order chi connectivity index (χ1) is 7.05. The molecule has 1 aliphatic rings. The van der Waals surface area contributed by atoms with E-state index in [0.29, 0.717) is 0 Å². The fourth-order valence-electron chi connectivity index (χ4n) is 2.37. The highest BCUT2D eigenvalue weighted by Gasteiger charge is 2.68.